The van der Waals surface area contributed by atoms with E-state index in [-0.39, 0.29) is 5.69 Å². The normalized spacial score (nSPS) is 12.6. The average Bonchev–Trinajstić information content (AvgIpc) is 2.53. The van der Waals surface area contributed by atoms with Crippen LogP contribution in [0.15, 0.2) is 42.3 Å². The summed E-state index contributed by atoms with van der Waals surface area (Å²) in [5, 5.41) is 2.64. The van der Waals surface area contributed by atoms with Crippen molar-refractivity contribution in [1.29, 1.82) is 0 Å². The van der Waals surface area contributed by atoms with Crippen LogP contribution >= 0.6 is 11.8 Å². The molecular weight excluding hydrogens is 294 g/mol. The summed E-state index contributed by atoms with van der Waals surface area (Å²) >= 11 is 1.45. The molecule has 5 heteroatoms. The van der Waals surface area contributed by atoms with Gasteiger partial charge in [-0.25, -0.2) is 9.97 Å². The molecule has 0 saturated carbocycles. The largest absolute Gasteiger partial charge is 0.364 e. The SMILES string of the molecule is C=C(S/C=C\C(C)CC)c1nc(C(N)=O)c2ccccc2n1. The number of rotatable bonds is 6. The van der Waals surface area contributed by atoms with Gasteiger partial charge in [0.2, 0.25) is 0 Å². The number of allylic oxidation sites excluding steroid dienone is 1. The topological polar surface area (TPSA) is 68.9 Å². The first-order valence-electron chi connectivity index (χ1n) is 7.12. The Morgan fingerprint density at radius 3 is 2.82 bits per heavy atom. The molecule has 22 heavy (non-hydrogen) atoms. The Bertz CT molecular complexity index is 740. The Labute approximate surface area is 134 Å². The van der Waals surface area contributed by atoms with Crippen molar-refractivity contribution in [2.75, 3.05) is 0 Å². The quantitative estimate of drug-likeness (QED) is 0.875. The highest BCUT2D eigenvalue weighted by molar-refractivity contribution is 8.10. The lowest BCUT2D eigenvalue weighted by molar-refractivity contribution is 0.0997. The highest BCUT2D eigenvalue weighted by Crippen LogP contribution is 2.27. The molecule has 2 N–H and O–H groups in total. The van der Waals surface area contributed by atoms with Crippen molar-refractivity contribution in [2.45, 2.75) is 20.3 Å². The number of hydrogen-bond acceptors (Lipinski definition) is 4. The average molecular weight is 313 g/mol. The summed E-state index contributed by atoms with van der Waals surface area (Å²) in [7, 11) is 0. The summed E-state index contributed by atoms with van der Waals surface area (Å²) < 4.78 is 0. The maximum Gasteiger partial charge on any atom is 0.268 e. The second-order valence-corrected chi connectivity index (χ2v) is 6.03. The molecule has 1 unspecified atom stereocenters. The van der Waals surface area contributed by atoms with Crippen LogP contribution in [0.5, 0.6) is 0 Å². The number of carbonyl (C=O) groups excluding carboxylic acids is 1. The fourth-order valence-electron chi connectivity index (χ4n) is 1.83. The molecule has 0 aliphatic carbocycles. The second-order valence-electron chi connectivity index (χ2n) is 5.03. The van der Waals surface area contributed by atoms with Gasteiger partial charge >= 0.3 is 0 Å². The van der Waals surface area contributed by atoms with Crippen molar-refractivity contribution in [3.8, 4) is 0 Å². The molecule has 0 spiro atoms. The first-order chi connectivity index (χ1) is 10.5. The molecule has 4 nitrogen and oxygen atoms in total. The van der Waals surface area contributed by atoms with E-state index in [1.54, 1.807) is 6.07 Å². The molecule has 1 amide bonds. The smallest absolute Gasteiger partial charge is 0.268 e. The minimum absolute atomic E-state index is 0.230. The number of carbonyl (C=O) groups is 1. The van der Waals surface area contributed by atoms with Crippen LogP contribution in [-0.2, 0) is 0 Å². The number of amides is 1. The van der Waals surface area contributed by atoms with Gasteiger partial charge in [-0.15, -0.1) is 0 Å². The van der Waals surface area contributed by atoms with Gasteiger partial charge in [0.25, 0.3) is 5.91 Å². The van der Waals surface area contributed by atoms with Gasteiger partial charge in [-0.2, -0.15) is 0 Å². The van der Waals surface area contributed by atoms with Crippen LogP contribution in [-0.4, -0.2) is 15.9 Å². The minimum Gasteiger partial charge on any atom is -0.364 e. The van der Waals surface area contributed by atoms with Gasteiger partial charge in [0.15, 0.2) is 5.82 Å². The van der Waals surface area contributed by atoms with Gasteiger partial charge in [-0.1, -0.05) is 62.9 Å². The molecule has 1 atom stereocenters. The van der Waals surface area contributed by atoms with Gasteiger partial charge in [-0.05, 0) is 17.4 Å². The van der Waals surface area contributed by atoms with E-state index in [9.17, 15) is 4.79 Å². The zero-order chi connectivity index (χ0) is 16.1. The highest BCUT2D eigenvalue weighted by atomic mass is 32.2. The summed E-state index contributed by atoms with van der Waals surface area (Å²) in [4.78, 5) is 21.0. The molecule has 2 aromatic rings. The minimum atomic E-state index is -0.562. The molecule has 0 fully saturated rings. The summed E-state index contributed by atoms with van der Waals surface area (Å²) in [6, 6.07) is 7.32. The highest BCUT2D eigenvalue weighted by Gasteiger charge is 2.13. The van der Waals surface area contributed by atoms with E-state index in [4.69, 9.17) is 5.73 Å². The Morgan fingerprint density at radius 2 is 2.14 bits per heavy atom. The predicted molar refractivity (Wildman–Crippen MR) is 93.3 cm³/mol. The monoisotopic (exact) mass is 313 g/mol. The van der Waals surface area contributed by atoms with E-state index in [0.717, 1.165) is 6.42 Å². The van der Waals surface area contributed by atoms with Crippen LogP contribution in [0.2, 0.25) is 0 Å². The fourth-order valence-corrected chi connectivity index (χ4v) is 2.54. The molecule has 1 aromatic heterocycles. The Kier molecular flexibility index (Phi) is 5.33. The third kappa shape index (κ3) is 3.74. The van der Waals surface area contributed by atoms with E-state index >= 15 is 0 Å². The fraction of sp³-hybridized carbons (Fsp3) is 0.235. The summed E-state index contributed by atoms with van der Waals surface area (Å²) in [6.07, 6.45) is 3.20. The number of thioether (sulfide) groups is 1. The van der Waals surface area contributed by atoms with Crippen molar-refractivity contribution in [2.24, 2.45) is 11.7 Å². The van der Waals surface area contributed by atoms with Gasteiger partial charge in [0.05, 0.1) is 5.52 Å². The van der Waals surface area contributed by atoms with Crippen molar-refractivity contribution in [3.63, 3.8) is 0 Å². The van der Waals surface area contributed by atoms with E-state index in [2.05, 4.69) is 36.5 Å². The van der Waals surface area contributed by atoms with E-state index in [0.29, 0.717) is 27.6 Å². The maximum absolute atomic E-state index is 11.6. The third-order valence-corrected chi connectivity index (χ3v) is 4.11. The zero-order valence-corrected chi connectivity index (χ0v) is 13.6. The van der Waals surface area contributed by atoms with Crippen LogP contribution in [0.3, 0.4) is 0 Å². The lowest BCUT2D eigenvalue weighted by Crippen LogP contribution is -2.15. The van der Waals surface area contributed by atoms with E-state index in [1.165, 1.54) is 11.8 Å². The van der Waals surface area contributed by atoms with Crippen LogP contribution < -0.4 is 5.73 Å². The lowest BCUT2D eigenvalue weighted by Gasteiger charge is -2.07. The third-order valence-electron chi connectivity index (χ3n) is 3.35. The van der Waals surface area contributed by atoms with Crippen molar-refractivity contribution in [1.82, 2.24) is 9.97 Å². The Hall–Kier alpha value is -2.14. The number of para-hydroxylation sites is 1. The lowest BCUT2D eigenvalue weighted by atomic mass is 10.1. The molecule has 0 radical (unpaired) electrons. The first kappa shape index (κ1) is 16.2. The molecule has 0 aliphatic rings. The molecule has 0 bridgehead atoms. The Balaban J connectivity index is 2.33. The van der Waals surface area contributed by atoms with Crippen LogP contribution in [0.25, 0.3) is 15.8 Å². The molecule has 2 rings (SSSR count). The van der Waals surface area contributed by atoms with Gasteiger partial charge in [0, 0.05) is 10.3 Å². The number of aromatic nitrogens is 2. The molecule has 1 heterocycles. The molecule has 0 saturated heterocycles. The van der Waals surface area contributed by atoms with Crippen molar-refractivity contribution >= 4 is 33.5 Å². The second kappa shape index (κ2) is 7.22. The predicted octanol–water partition coefficient (Wildman–Crippen LogP) is 3.99. The van der Waals surface area contributed by atoms with Gasteiger partial charge in [-0.3, -0.25) is 4.79 Å². The van der Waals surface area contributed by atoms with E-state index in [1.807, 2.05) is 23.6 Å². The number of benzene rings is 1. The van der Waals surface area contributed by atoms with Gasteiger partial charge < -0.3 is 5.73 Å². The standard InChI is InChI=1S/C17H19N3OS/c1-4-11(2)9-10-22-12(3)17-19-14-8-6-5-7-13(14)15(20-17)16(18)21/h5-11H,3-4H2,1-2H3,(H2,18,21)/b10-9-. The first-order valence-corrected chi connectivity index (χ1v) is 8.00. The van der Waals surface area contributed by atoms with Crippen LogP contribution in [0, 0.1) is 5.92 Å². The molecule has 0 aliphatic heterocycles. The van der Waals surface area contributed by atoms with Gasteiger partial charge in [0.1, 0.15) is 5.69 Å². The maximum atomic E-state index is 11.6. The summed E-state index contributed by atoms with van der Waals surface area (Å²) in [5.74, 6) is 0.387. The van der Waals surface area contributed by atoms with Crippen molar-refractivity contribution in [3.05, 3.63) is 53.8 Å². The molecular formula is C17H19N3OS. The van der Waals surface area contributed by atoms with Crippen molar-refractivity contribution < 1.29 is 4.79 Å². The zero-order valence-electron chi connectivity index (χ0n) is 12.7. The van der Waals surface area contributed by atoms with Crippen LogP contribution in [0.1, 0.15) is 36.6 Å². The number of primary amides is 1. The number of fused-ring (bicyclic) bond motifs is 1. The molecule has 114 valence electrons. The van der Waals surface area contributed by atoms with E-state index < -0.39 is 5.91 Å². The van der Waals surface area contributed by atoms with Crippen LogP contribution in [0.4, 0.5) is 0 Å². The Morgan fingerprint density at radius 1 is 1.41 bits per heavy atom. The summed E-state index contributed by atoms with van der Waals surface area (Å²) in [5.41, 5.74) is 6.35. The number of hydrogen-bond donors (Lipinski definition) is 1. The number of nitrogens with zero attached hydrogens (tertiary/aromatic N) is 2. The summed E-state index contributed by atoms with van der Waals surface area (Å²) in [6.45, 7) is 8.28. The number of nitrogens with two attached hydrogens (primary N) is 1. The molecule has 1 aromatic carbocycles.